The van der Waals surface area contributed by atoms with Gasteiger partial charge in [-0.05, 0) is 39.8 Å². The van der Waals surface area contributed by atoms with Crippen LogP contribution in [0, 0.1) is 0 Å². The molecule has 2 aromatic carbocycles. The number of halogens is 1. The molecule has 0 radical (unpaired) electrons. The molecule has 0 aliphatic heterocycles. The number of benzene rings is 2. The van der Waals surface area contributed by atoms with Gasteiger partial charge in [0.15, 0.2) is 0 Å². The third-order valence-electron chi connectivity index (χ3n) is 5.56. The van der Waals surface area contributed by atoms with Gasteiger partial charge in [0, 0.05) is 41.5 Å². The van der Waals surface area contributed by atoms with E-state index in [9.17, 15) is 9.90 Å². The second-order valence-corrected chi connectivity index (χ2v) is 8.27. The van der Waals surface area contributed by atoms with Crippen LogP contribution < -0.4 is 5.56 Å². The van der Waals surface area contributed by atoms with Crippen LogP contribution in [-0.4, -0.2) is 73.0 Å². The molecule has 164 valence electrons. The minimum atomic E-state index is -0.158. The van der Waals surface area contributed by atoms with Crippen molar-refractivity contribution >= 4 is 28.9 Å². The number of nitrogens with zero attached hydrogens (tertiary/aromatic N) is 4. The first kappa shape index (κ1) is 23.0. The van der Waals surface area contributed by atoms with Gasteiger partial charge in [0.2, 0.25) is 5.88 Å². The molecule has 3 aromatic rings. The van der Waals surface area contributed by atoms with Crippen molar-refractivity contribution in [2.45, 2.75) is 6.54 Å². The highest BCUT2D eigenvalue weighted by Gasteiger charge is 2.28. The molecule has 31 heavy (non-hydrogen) atoms. The Hall–Kier alpha value is -2.67. The van der Waals surface area contributed by atoms with Gasteiger partial charge in [-0.15, -0.1) is 12.4 Å². The summed E-state index contributed by atoms with van der Waals surface area (Å²) in [5.74, 6) is 0.0227. The first-order valence-corrected chi connectivity index (χ1v) is 10.2. The second kappa shape index (κ2) is 9.22. The summed E-state index contributed by atoms with van der Waals surface area (Å²) >= 11 is 0. The van der Waals surface area contributed by atoms with E-state index in [1.54, 1.807) is 0 Å². The Morgan fingerprint density at radius 2 is 1.55 bits per heavy atom. The van der Waals surface area contributed by atoms with Gasteiger partial charge in [-0.1, -0.05) is 36.4 Å². The summed E-state index contributed by atoms with van der Waals surface area (Å²) in [5.41, 5.74) is 4.14. The van der Waals surface area contributed by atoms with Gasteiger partial charge in [0.25, 0.3) is 5.56 Å². The van der Waals surface area contributed by atoms with Crippen LogP contribution in [0.5, 0.6) is 5.88 Å². The van der Waals surface area contributed by atoms with Gasteiger partial charge in [-0.25, -0.2) is 0 Å². The number of aromatic hydroxyl groups is 1. The van der Waals surface area contributed by atoms with Crippen LogP contribution in [-0.2, 0) is 6.54 Å². The lowest BCUT2D eigenvalue weighted by Crippen LogP contribution is -2.29. The zero-order chi connectivity index (χ0) is 21.4. The molecule has 0 atom stereocenters. The molecule has 0 amide bonds. The predicted octanol–water partition coefficient (Wildman–Crippen LogP) is 3.07. The van der Waals surface area contributed by atoms with Crippen molar-refractivity contribution in [2.75, 3.05) is 47.8 Å². The zero-order valence-corrected chi connectivity index (χ0v) is 19.2. The van der Waals surface area contributed by atoms with Crippen molar-refractivity contribution in [3.8, 4) is 17.0 Å². The summed E-state index contributed by atoms with van der Waals surface area (Å²) < 4.78 is 1.49. The molecule has 4 rings (SSSR count). The van der Waals surface area contributed by atoms with Gasteiger partial charge < -0.3 is 14.9 Å². The molecule has 1 aromatic heterocycles. The van der Waals surface area contributed by atoms with E-state index in [-0.39, 0.29) is 23.8 Å². The zero-order valence-electron chi connectivity index (χ0n) is 18.4. The van der Waals surface area contributed by atoms with Gasteiger partial charge in [-0.2, -0.15) is 0 Å². The van der Waals surface area contributed by atoms with Crippen LogP contribution in [0.3, 0.4) is 0 Å². The molecule has 0 spiro atoms. The number of aliphatic imine (C=N–C) groups is 1. The molecule has 1 N–H and O–H groups in total. The lowest BCUT2D eigenvalue weighted by molar-refractivity contribution is 0.353. The number of hydrogen-bond acceptors (Lipinski definition) is 5. The maximum atomic E-state index is 13.5. The molecular weight excluding hydrogens is 412 g/mol. The van der Waals surface area contributed by atoms with Crippen LogP contribution >= 0.6 is 12.4 Å². The van der Waals surface area contributed by atoms with Crippen molar-refractivity contribution in [3.63, 3.8) is 0 Å². The Labute approximate surface area is 188 Å². The number of fused-ring (bicyclic) bond motifs is 2. The molecule has 0 unspecified atom stereocenters. The molecular formula is C24H29ClN4O2. The third kappa shape index (κ3) is 4.11. The topological polar surface area (TPSA) is 61.1 Å². The Kier molecular flexibility index (Phi) is 6.84. The SMILES string of the molecule is CN(C)CCN=C1c2ccccc2-c2c(=O)n(CCN(C)C)c(O)c3cccc1c23.Cl. The fourth-order valence-corrected chi connectivity index (χ4v) is 4.03. The fourth-order valence-electron chi connectivity index (χ4n) is 4.03. The molecule has 0 saturated heterocycles. The number of aromatic nitrogens is 1. The standard InChI is InChI=1S/C24H28N4O2.ClH/c1-26(2)13-12-25-22-17-9-6-5-8-16(17)21-20-18(22)10-7-11-19(20)23(29)28(24(21)30)15-14-27(3)4;/h5-11,29H,12-15H2,1-4H3;1H. The Morgan fingerprint density at radius 3 is 2.23 bits per heavy atom. The van der Waals surface area contributed by atoms with Crippen LogP contribution in [0.25, 0.3) is 21.9 Å². The minimum absolute atomic E-state index is 0. The van der Waals surface area contributed by atoms with Crippen molar-refractivity contribution in [1.29, 1.82) is 0 Å². The van der Waals surface area contributed by atoms with E-state index in [4.69, 9.17) is 4.99 Å². The van der Waals surface area contributed by atoms with Crippen LogP contribution in [0.4, 0.5) is 0 Å². The van der Waals surface area contributed by atoms with Crippen molar-refractivity contribution in [1.82, 2.24) is 14.4 Å². The number of likely N-dealkylation sites (N-methyl/N-ethyl adjacent to an activating group) is 2. The monoisotopic (exact) mass is 440 g/mol. The van der Waals surface area contributed by atoms with Crippen molar-refractivity contribution in [3.05, 3.63) is 63.9 Å². The smallest absolute Gasteiger partial charge is 0.261 e. The second-order valence-electron chi connectivity index (χ2n) is 8.27. The predicted molar refractivity (Wildman–Crippen MR) is 130 cm³/mol. The summed E-state index contributed by atoms with van der Waals surface area (Å²) in [6, 6.07) is 13.8. The van der Waals surface area contributed by atoms with E-state index < -0.39 is 0 Å². The summed E-state index contributed by atoms with van der Waals surface area (Å²) in [7, 11) is 7.96. The van der Waals surface area contributed by atoms with Crippen LogP contribution in [0.15, 0.2) is 52.3 Å². The van der Waals surface area contributed by atoms with Crippen LogP contribution in [0.1, 0.15) is 11.1 Å². The third-order valence-corrected chi connectivity index (χ3v) is 5.56. The maximum absolute atomic E-state index is 13.5. The molecule has 1 aliphatic carbocycles. The lowest BCUT2D eigenvalue weighted by atomic mass is 9.83. The number of pyridine rings is 1. The average molecular weight is 441 g/mol. The molecule has 1 aliphatic rings. The molecule has 0 saturated carbocycles. The van der Waals surface area contributed by atoms with Gasteiger partial charge in [0.1, 0.15) is 0 Å². The van der Waals surface area contributed by atoms with E-state index in [2.05, 4.69) is 4.90 Å². The maximum Gasteiger partial charge on any atom is 0.261 e. The van der Waals surface area contributed by atoms with Gasteiger partial charge in [-0.3, -0.25) is 14.4 Å². The van der Waals surface area contributed by atoms with Crippen molar-refractivity contribution in [2.24, 2.45) is 4.99 Å². The van der Waals surface area contributed by atoms with E-state index in [1.165, 1.54) is 4.57 Å². The molecule has 6 nitrogen and oxygen atoms in total. The molecule has 0 bridgehead atoms. The summed E-state index contributed by atoms with van der Waals surface area (Å²) in [6.07, 6.45) is 0. The van der Waals surface area contributed by atoms with Gasteiger partial charge >= 0.3 is 0 Å². The Balaban J connectivity index is 0.00000272. The number of hydrogen-bond donors (Lipinski definition) is 1. The first-order chi connectivity index (χ1) is 14.4. The highest BCUT2D eigenvalue weighted by Crippen LogP contribution is 2.40. The normalized spacial score (nSPS) is 13.7. The summed E-state index contributed by atoms with van der Waals surface area (Å²) in [4.78, 5) is 22.6. The molecule has 1 heterocycles. The van der Waals surface area contributed by atoms with Crippen LogP contribution in [0.2, 0.25) is 0 Å². The minimum Gasteiger partial charge on any atom is -0.494 e. The molecule has 0 fully saturated rings. The molecule has 7 heteroatoms. The highest BCUT2D eigenvalue weighted by molar-refractivity contribution is 6.28. The number of rotatable bonds is 6. The van der Waals surface area contributed by atoms with E-state index in [1.807, 2.05) is 75.6 Å². The summed E-state index contributed by atoms with van der Waals surface area (Å²) in [6.45, 7) is 2.59. The van der Waals surface area contributed by atoms with E-state index in [0.29, 0.717) is 30.6 Å². The van der Waals surface area contributed by atoms with Crippen molar-refractivity contribution < 1.29 is 5.11 Å². The largest absolute Gasteiger partial charge is 0.494 e. The van der Waals surface area contributed by atoms with E-state index >= 15 is 0 Å². The summed E-state index contributed by atoms with van der Waals surface area (Å²) in [5, 5.41) is 12.5. The Morgan fingerprint density at radius 1 is 0.903 bits per heavy atom. The van der Waals surface area contributed by atoms with E-state index in [0.717, 1.165) is 34.3 Å². The average Bonchev–Trinajstić information content (AvgIpc) is 2.71. The lowest BCUT2D eigenvalue weighted by Gasteiger charge is -2.24. The first-order valence-electron chi connectivity index (χ1n) is 10.2. The van der Waals surface area contributed by atoms with Gasteiger partial charge in [0.05, 0.1) is 17.8 Å². The fraction of sp³-hybridized carbons (Fsp3) is 0.333. The quantitative estimate of drug-likeness (QED) is 0.500. The Bertz CT molecular complexity index is 1200. The highest BCUT2D eigenvalue weighted by atomic mass is 35.5.